The Morgan fingerprint density at radius 3 is 2.18 bits per heavy atom. The Kier molecular flexibility index (Phi) is 3.94. The number of fused-ring (bicyclic) bond motifs is 2. The summed E-state index contributed by atoms with van der Waals surface area (Å²) in [5, 5.41) is 2.62. The number of hydrogen-bond donors (Lipinski definition) is 0. The van der Waals surface area contributed by atoms with Crippen LogP contribution in [-0.2, 0) is 6.42 Å². The Morgan fingerprint density at radius 2 is 1.36 bits per heavy atom. The van der Waals surface area contributed by atoms with Crippen LogP contribution >= 0.6 is 0 Å². The van der Waals surface area contributed by atoms with Crippen LogP contribution in [-0.4, -0.2) is 0 Å². The lowest BCUT2D eigenvalue weighted by atomic mass is 9.92. The van der Waals surface area contributed by atoms with E-state index in [0.717, 1.165) is 6.42 Å². The fourth-order valence-electron chi connectivity index (χ4n) is 4.91. The van der Waals surface area contributed by atoms with Crippen LogP contribution in [0.4, 0.5) is 0 Å². The molecule has 0 N–H and O–H groups in total. The standard InChI is InChI=1S/C28H24/c1-18-14-19(2)28(20(3)15-18)23-16-22-10-7-13-26(27(22)17-23)25-12-6-9-21-8-4-5-11-24(21)25/h4-15,17H,16H2,1-3H3. The maximum atomic E-state index is 2.43. The molecule has 0 amide bonds. The average Bonchev–Trinajstić information content (AvgIpc) is 3.10. The summed E-state index contributed by atoms with van der Waals surface area (Å²) in [6.07, 6.45) is 3.44. The van der Waals surface area contributed by atoms with E-state index in [-0.39, 0.29) is 0 Å². The number of rotatable bonds is 2. The summed E-state index contributed by atoms with van der Waals surface area (Å²) in [4.78, 5) is 0. The van der Waals surface area contributed by atoms with Crippen molar-refractivity contribution in [1.82, 2.24) is 0 Å². The third-order valence-corrected chi connectivity index (χ3v) is 5.97. The van der Waals surface area contributed by atoms with Gasteiger partial charge in [-0.3, -0.25) is 0 Å². The third kappa shape index (κ3) is 2.68. The second-order valence-electron chi connectivity index (χ2n) is 8.03. The van der Waals surface area contributed by atoms with Gasteiger partial charge in [0.15, 0.2) is 0 Å². The first-order valence-corrected chi connectivity index (χ1v) is 10.0. The minimum Gasteiger partial charge on any atom is -0.0616 e. The van der Waals surface area contributed by atoms with E-state index in [1.165, 1.54) is 60.9 Å². The van der Waals surface area contributed by atoms with Crippen molar-refractivity contribution in [2.24, 2.45) is 0 Å². The van der Waals surface area contributed by atoms with E-state index >= 15 is 0 Å². The first kappa shape index (κ1) is 17.0. The molecule has 5 rings (SSSR count). The molecule has 0 nitrogen and oxygen atoms in total. The van der Waals surface area contributed by atoms with Crippen molar-refractivity contribution in [1.29, 1.82) is 0 Å². The fourth-order valence-corrected chi connectivity index (χ4v) is 4.91. The van der Waals surface area contributed by atoms with E-state index in [0.29, 0.717) is 0 Å². The van der Waals surface area contributed by atoms with Gasteiger partial charge < -0.3 is 0 Å². The monoisotopic (exact) mass is 360 g/mol. The van der Waals surface area contributed by atoms with Gasteiger partial charge >= 0.3 is 0 Å². The van der Waals surface area contributed by atoms with Gasteiger partial charge in [0.1, 0.15) is 0 Å². The summed E-state index contributed by atoms with van der Waals surface area (Å²) in [6.45, 7) is 6.66. The van der Waals surface area contributed by atoms with E-state index in [9.17, 15) is 0 Å². The Hall–Kier alpha value is -3.12. The van der Waals surface area contributed by atoms with Crippen LogP contribution in [0.15, 0.2) is 72.8 Å². The lowest BCUT2D eigenvalue weighted by Gasteiger charge is -2.12. The summed E-state index contributed by atoms with van der Waals surface area (Å²) >= 11 is 0. The molecule has 0 saturated heterocycles. The summed E-state index contributed by atoms with van der Waals surface area (Å²) in [7, 11) is 0. The Bertz CT molecular complexity index is 1230. The van der Waals surface area contributed by atoms with Crippen LogP contribution in [0.2, 0.25) is 0 Å². The molecule has 4 aromatic carbocycles. The first-order chi connectivity index (χ1) is 13.6. The predicted molar refractivity (Wildman–Crippen MR) is 122 cm³/mol. The molecule has 0 unspecified atom stereocenters. The normalized spacial score (nSPS) is 12.9. The molecule has 0 heteroatoms. The average molecular weight is 361 g/mol. The maximum Gasteiger partial charge on any atom is -0.00132 e. The molecule has 1 aliphatic carbocycles. The largest absolute Gasteiger partial charge is 0.0616 e. The molecule has 0 radical (unpaired) electrons. The van der Waals surface area contributed by atoms with Gasteiger partial charge in [0.2, 0.25) is 0 Å². The van der Waals surface area contributed by atoms with Crippen LogP contribution < -0.4 is 0 Å². The zero-order chi connectivity index (χ0) is 19.3. The van der Waals surface area contributed by atoms with Gasteiger partial charge in [0.05, 0.1) is 0 Å². The third-order valence-electron chi connectivity index (χ3n) is 5.97. The predicted octanol–water partition coefficient (Wildman–Crippen LogP) is 7.53. The highest BCUT2D eigenvalue weighted by molar-refractivity contribution is 6.02. The number of benzene rings is 4. The van der Waals surface area contributed by atoms with Crippen LogP contribution in [0, 0.1) is 20.8 Å². The van der Waals surface area contributed by atoms with Crippen molar-refractivity contribution < 1.29 is 0 Å². The van der Waals surface area contributed by atoms with E-state index in [2.05, 4.69) is 99.6 Å². The maximum absolute atomic E-state index is 2.43. The molecule has 136 valence electrons. The molecular weight excluding hydrogens is 336 g/mol. The lowest BCUT2D eigenvalue weighted by Crippen LogP contribution is -1.95. The molecule has 4 aromatic rings. The highest BCUT2D eigenvalue weighted by Gasteiger charge is 2.20. The van der Waals surface area contributed by atoms with Gasteiger partial charge in [-0.25, -0.2) is 0 Å². The van der Waals surface area contributed by atoms with Crippen molar-refractivity contribution in [2.75, 3.05) is 0 Å². The zero-order valence-corrected chi connectivity index (χ0v) is 16.7. The molecule has 0 saturated carbocycles. The van der Waals surface area contributed by atoms with Crippen molar-refractivity contribution in [3.63, 3.8) is 0 Å². The van der Waals surface area contributed by atoms with Crippen molar-refractivity contribution >= 4 is 22.4 Å². The fraction of sp³-hybridized carbons (Fsp3) is 0.143. The molecule has 0 aliphatic heterocycles. The van der Waals surface area contributed by atoms with Crippen LogP contribution in [0.1, 0.15) is 33.4 Å². The second-order valence-corrected chi connectivity index (χ2v) is 8.03. The van der Waals surface area contributed by atoms with E-state index in [1.54, 1.807) is 0 Å². The first-order valence-electron chi connectivity index (χ1n) is 10.0. The highest BCUT2D eigenvalue weighted by atomic mass is 14.2. The Balaban J connectivity index is 1.70. The zero-order valence-electron chi connectivity index (χ0n) is 16.7. The molecule has 0 atom stereocenters. The Morgan fingerprint density at radius 1 is 0.679 bits per heavy atom. The number of allylic oxidation sites excluding steroid dienone is 1. The second kappa shape index (κ2) is 6.49. The van der Waals surface area contributed by atoms with Gasteiger partial charge in [-0.05, 0) is 88.6 Å². The lowest BCUT2D eigenvalue weighted by molar-refractivity contribution is 1.24. The van der Waals surface area contributed by atoms with Crippen LogP contribution in [0.25, 0.3) is 33.5 Å². The SMILES string of the molecule is Cc1cc(C)c(C2=Cc3c(cccc3-c3cccc4ccccc34)C2)c(C)c1. The molecular formula is C28H24. The van der Waals surface area contributed by atoms with Gasteiger partial charge in [-0.1, -0.05) is 78.4 Å². The Labute approximate surface area is 167 Å². The van der Waals surface area contributed by atoms with Crippen molar-refractivity contribution in [2.45, 2.75) is 27.2 Å². The van der Waals surface area contributed by atoms with Crippen molar-refractivity contribution in [3.8, 4) is 11.1 Å². The molecule has 0 fully saturated rings. The van der Waals surface area contributed by atoms with Gasteiger partial charge in [0.25, 0.3) is 0 Å². The van der Waals surface area contributed by atoms with E-state index < -0.39 is 0 Å². The minimum absolute atomic E-state index is 1.01. The summed E-state index contributed by atoms with van der Waals surface area (Å²) in [5.41, 5.74) is 12.4. The number of hydrogen-bond acceptors (Lipinski definition) is 0. The quantitative estimate of drug-likeness (QED) is 0.346. The van der Waals surface area contributed by atoms with E-state index in [4.69, 9.17) is 0 Å². The topological polar surface area (TPSA) is 0 Å². The van der Waals surface area contributed by atoms with E-state index in [1.807, 2.05) is 0 Å². The molecule has 0 aromatic heterocycles. The van der Waals surface area contributed by atoms with Crippen LogP contribution in [0.5, 0.6) is 0 Å². The van der Waals surface area contributed by atoms with Gasteiger partial charge in [-0.15, -0.1) is 0 Å². The van der Waals surface area contributed by atoms with Crippen molar-refractivity contribution in [3.05, 3.63) is 106 Å². The summed E-state index contributed by atoms with van der Waals surface area (Å²) < 4.78 is 0. The molecule has 28 heavy (non-hydrogen) atoms. The number of aryl methyl sites for hydroxylation is 3. The van der Waals surface area contributed by atoms with Crippen LogP contribution in [0.3, 0.4) is 0 Å². The molecule has 0 heterocycles. The smallest absolute Gasteiger partial charge is 0.00132 e. The highest BCUT2D eigenvalue weighted by Crippen LogP contribution is 2.41. The minimum atomic E-state index is 1.01. The van der Waals surface area contributed by atoms with Gasteiger partial charge in [0, 0.05) is 0 Å². The summed E-state index contributed by atoms with van der Waals surface area (Å²) in [6, 6.07) is 26.7. The molecule has 0 bridgehead atoms. The summed E-state index contributed by atoms with van der Waals surface area (Å²) in [5.74, 6) is 0. The van der Waals surface area contributed by atoms with Gasteiger partial charge in [-0.2, -0.15) is 0 Å². The molecule has 1 aliphatic rings. The molecule has 0 spiro atoms.